The molecule has 0 saturated heterocycles. The van der Waals surface area contributed by atoms with E-state index in [1.54, 1.807) is 6.20 Å². The Hall–Kier alpha value is -1.17. The summed E-state index contributed by atoms with van der Waals surface area (Å²) in [6.45, 7) is 15.5. The van der Waals surface area contributed by atoms with Crippen LogP contribution in [0.4, 0.5) is 0 Å². The minimum atomic E-state index is -0.269. The number of hydrogen-bond acceptors (Lipinski definition) is 4. The number of aryl methyl sites for hydroxylation is 1. The molecule has 0 saturated carbocycles. The Bertz CT molecular complexity index is 640. The lowest BCUT2D eigenvalue weighted by atomic mass is 10.1. The number of aromatic nitrogens is 3. The lowest BCUT2D eigenvalue weighted by Crippen LogP contribution is -2.34. The summed E-state index contributed by atoms with van der Waals surface area (Å²) in [6, 6.07) is 0. The van der Waals surface area contributed by atoms with Crippen molar-refractivity contribution in [2.45, 2.75) is 66.7 Å². The van der Waals surface area contributed by atoms with E-state index in [9.17, 15) is 0 Å². The van der Waals surface area contributed by atoms with Crippen LogP contribution in [0.1, 0.15) is 53.5 Å². The van der Waals surface area contributed by atoms with Gasteiger partial charge >= 0.3 is 0 Å². The summed E-state index contributed by atoms with van der Waals surface area (Å²) in [7, 11) is 0. The second-order valence-corrected chi connectivity index (χ2v) is 6.31. The molecule has 0 fully saturated rings. The first-order chi connectivity index (χ1) is 11.4. The maximum absolute atomic E-state index is 5.95. The molecule has 0 N–H and O–H groups in total. The second-order valence-electron chi connectivity index (χ2n) is 5.98. The Morgan fingerprint density at radius 1 is 1.25 bits per heavy atom. The first kappa shape index (κ1) is 20.9. The summed E-state index contributed by atoms with van der Waals surface area (Å²) < 4.78 is 13.6. The smallest absolute Gasteiger partial charge is 0.224 e. The number of halogens is 1. The molecule has 0 aromatic carbocycles. The van der Waals surface area contributed by atoms with Crippen molar-refractivity contribution in [1.82, 2.24) is 14.5 Å². The number of hydrogen-bond donors (Lipinski definition) is 0. The van der Waals surface area contributed by atoms with E-state index >= 15 is 0 Å². The van der Waals surface area contributed by atoms with Gasteiger partial charge in [-0.1, -0.05) is 20.8 Å². The number of fused-ring (bicyclic) bond motifs is 1. The molecule has 2 heterocycles. The van der Waals surface area contributed by atoms with Crippen molar-refractivity contribution in [3.05, 3.63) is 23.2 Å². The van der Waals surface area contributed by atoms with Gasteiger partial charge in [0, 0.05) is 24.4 Å². The molecule has 136 valence electrons. The number of nitrogens with zero attached hydrogens (tertiary/aromatic N) is 3. The largest absolute Gasteiger partial charge is 0.353 e. The maximum atomic E-state index is 5.95. The molecule has 0 bridgehead atoms. The van der Waals surface area contributed by atoms with Crippen LogP contribution in [0.15, 0.2) is 12.4 Å². The van der Waals surface area contributed by atoms with Crippen LogP contribution in [0.25, 0.3) is 11.0 Å². The Morgan fingerprint density at radius 2 is 1.92 bits per heavy atom. The predicted octanol–water partition coefficient (Wildman–Crippen LogP) is 4.94. The SMILES string of the molecule is CC.CCOC(CC)OCC(C)(C)n1cc(C)c2cnc(Cl)nc21. The molecule has 0 aliphatic rings. The van der Waals surface area contributed by atoms with Gasteiger partial charge in [-0.15, -0.1) is 0 Å². The van der Waals surface area contributed by atoms with Crippen LogP contribution in [0.2, 0.25) is 5.28 Å². The Morgan fingerprint density at radius 3 is 2.50 bits per heavy atom. The van der Waals surface area contributed by atoms with E-state index in [1.165, 1.54) is 0 Å². The average molecular weight is 356 g/mol. The van der Waals surface area contributed by atoms with E-state index < -0.39 is 0 Å². The monoisotopic (exact) mass is 355 g/mol. The third kappa shape index (κ3) is 4.91. The van der Waals surface area contributed by atoms with E-state index in [0.29, 0.717) is 13.2 Å². The van der Waals surface area contributed by atoms with Gasteiger partial charge in [0.05, 0.1) is 12.1 Å². The molecule has 5 nitrogen and oxygen atoms in total. The molecule has 1 unspecified atom stereocenters. The van der Waals surface area contributed by atoms with Crippen molar-refractivity contribution in [3.8, 4) is 0 Å². The minimum Gasteiger partial charge on any atom is -0.353 e. The fourth-order valence-electron chi connectivity index (χ4n) is 2.44. The molecule has 0 aliphatic heterocycles. The highest BCUT2D eigenvalue weighted by Crippen LogP contribution is 2.27. The molecular formula is C18H30ClN3O2. The van der Waals surface area contributed by atoms with Gasteiger partial charge in [0.25, 0.3) is 0 Å². The highest BCUT2D eigenvalue weighted by Gasteiger charge is 2.25. The van der Waals surface area contributed by atoms with Gasteiger partial charge < -0.3 is 14.0 Å². The molecule has 24 heavy (non-hydrogen) atoms. The van der Waals surface area contributed by atoms with Crippen molar-refractivity contribution in [3.63, 3.8) is 0 Å². The summed E-state index contributed by atoms with van der Waals surface area (Å²) in [5, 5.41) is 1.26. The molecule has 0 radical (unpaired) electrons. The average Bonchev–Trinajstić information content (AvgIpc) is 2.90. The maximum Gasteiger partial charge on any atom is 0.224 e. The lowest BCUT2D eigenvalue weighted by Gasteiger charge is -2.29. The van der Waals surface area contributed by atoms with Crippen LogP contribution in [-0.4, -0.2) is 34.0 Å². The normalized spacial score (nSPS) is 12.8. The van der Waals surface area contributed by atoms with Crippen molar-refractivity contribution in [1.29, 1.82) is 0 Å². The van der Waals surface area contributed by atoms with Crippen LogP contribution >= 0.6 is 11.6 Å². The summed E-state index contributed by atoms with van der Waals surface area (Å²) >= 11 is 5.95. The van der Waals surface area contributed by atoms with Crippen LogP contribution < -0.4 is 0 Å². The van der Waals surface area contributed by atoms with Crippen LogP contribution in [0.3, 0.4) is 0 Å². The minimum absolute atomic E-state index is 0.176. The second kappa shape index (κ2) is 9.35. The molecule has 1 atom stereocenters. The fraction of sp³-hybridized carbons (Fsp3) is 0.667. The van der Waals surface area contributed by atoms with Gasteiger partial charge in [-0.25, -0.2) is 4.98 Å². The van der Waals surface area contributed by atoms with Crippen LogP contribution in [-0.2, 0) is 15.0 Å². The van der Waals surface area contributed by atoms with Crippen molar-refractivity contribution in [2.24, 2.45) is 0 Å². The highest BCUT2D eigenvalue weighted by atomic mass is 35.5. The Kier molecular flexibility index (Phi) is 8.13. The number of rotatable bonds is 7. The number of ether oxygens (including phenoxy) is 2. The molecule has 2 aromatic heterocycles. The van der Waals surface area contributed by atoms with Gasteiger partial charge in [0.1, 0.15) is 5.65 Å². The predicted molar refractivity (Wildman–Crippen MR) is 99.6 cm³/mol. The zero-order valence-electron chi connectivity index (χ0n) is 15.9. The summed E-state index contributed by atoms with van der Waals surface area (Å²) in [6.07, 6.45) is 4.48. The third-order valence-electron chi connectivity index (χ3n) is 3.68. The van der Waals surface area contributed by atoms with E-state index in [2.05, 4.69) is 41.5 Å². The van der Waals surface area contributed by atoms with E-state index in [0.717, 1.165) is 23.0 Å². The molecule has 2 rings (SSSR count). The van der Waals surface area contributed by atoms with Gasteiger partial charge in [0.2, 0.25) is 5.28 Å². The molecule has 0 amide bonds. The molecule has 6 heteroatoms. The van der Waals surface area contributed by atoms with E-state index in [4.69, 9.17) is 21.1 Å². The van der Waals surface area contributed by atoms with Crippen molar-refractivity contribution < 1.29 is 9.47 Å². The van der Waals surface area contributed by atoms with E-state index in [1.807, 2.05) is 27.7 Å². The Balaban J connectivity index is 0.00000139. The van der Waals surface area contributed by atoms with Crippen LogP contribution in [0, 0.1) is 6.92 Å². The highest BCUT2D eigenvalue weighted by molar-refractivity contribution is 6.28. The third-order valence-corrected chi connectivity index (χ3v) is 3.86. The zero-order valence-corrected chi connectivity index (χ0v) is 16.6. The standard InChI is InChI=1S/C16H24ClN3O2.C2H6/c1-6-13(21-7-2)22-10-16(4,5)20-9-11(3)12-8-18-15(17)19-14(12)20;1-2/h8-9,13H,6-7,10H2,1-5H3;1-2H3. The Labute approximate surface area is 150 Å². The summed E-state index contributed by atoms with van der Waals surface area (Å²) in [5.74, 6) is 0. The molecule has 0 aliphatic carbocycles. The van der Waals surface area contributed by atoms with Crippen LogP contribution in [0.5, 0.6) is 0 Å². The van der Waals surface area contributed by atoms with Gasteiger partial charge in [-0.3, -0.25) is 0 Å². The molecule has 2 aromatic rings. The topological polar surface area (TPSA) is 49.2 Å². The lowest BCUT2D eigenvalue weighted by molar-refractivity contribution is -0.154. The first-order valence-electron chi connectivity index (χ1n) is 8.63. The fourth-order valence-corrected chi connectivity index (χ4v) is 2.56. The van der Waals surface area contributed by atoms with Crippen molar-refractivity contribution in [2.75, 3.05) is 13.2 Å². The van der Waals surface area contributed by atoms with Gasteiger partial charge in [-0.05, 0) is 51.3 Å². The summed E-state index contributed by atoms with van der Waals surface area (Å²) in [5.41, 5.74) is 1.68. The molecular weight excluding hydrogens is 326 g/mol. The first-order valence-corrected chi connectivity index (χ1v) is 9.00. The van der Waals surface area contributed by atoms with Crippen molar-refractivity contribution >= 4 is 22.6 Å². The van der Waals surface area contributed by atoms with Gasteiger partial charge in [0.15, 0.2) is 6.29 Å². The van der Waals surface area contributed by atoms with Gasteiger partial charge in [-0.2, -0.15) is 4.98 Å². The zero-order chi connectivity index (χ0) is 18.3. The quantitative estimate of drug-likeness (QED) is 0.521. The molecule has 0 spiro atoms. The van der Waals surface area contributed by atoms with E-state index in [-0.39, 0.29) is 17.1 Å². The summed E-state index contributed by atoms with van der Waals surface area (Å²) in [4.78, 5) is 8.44.